The van der Waals surface area contributed by atoms with Crippen LogP contribution >= 0.6 is 0 Å². The molecule has 1 aliphatic rings. The minimum Gasteiger partial charge on any atom is -0.452 e. The van der Waals surface area contributed by atoms with E-state index in [0.29, 0.717) is 11.3 Å². The minimum absolute atomic E-state index is 0.236. The van der Waals surface area contributed by atoms with Crippen molar-refractivity contribution in [3.05, 3.63) is 29.8 Å². The Labute approximate surface area is 112 Å². The quantitative estimate of drug-likeness (QED) is 0.636. The van der Waals surface area contributed by atoms with Gasteiger partial charge in [-0.05, 0) is 37.1 Å². The van der Waals surface area contributed by atoms with E-state index in [2.05, 4.69) is 5.32 Å². The Bertz CT molecular complexity index is 450. The van der Waals surface area contributed by atoms with Gasteiger partial charge in [0.05, 0.1) is 5.56 Å². The second-order valence-electron chi connectivity index (χ2n) is 4.75. The molecular formula is C14H18N2O3. The SMILES string of the molecule is Nc1ccc(C(=O)OCC(=O)NC2CCCC2)cc1. The molecule has 102 valence electrons. The molecule has 0 atom stereocenters. The van der Waals surface area contributed by atoms with Crippen LogP contribution in [-0.2, 0) is 9.53 Å². The molecule has 0 aromatic heterocycles. The smallest absolute Gasteiger partial charge is 0.338 e. The highest BCUT2D eigenvalue weighted by Crippen LogP contribution is 2.17. The van der Waals surface area contributed by atoms with Gasteiger partial charge >= 0.3 is 5.97 Å². The van der Waals surface area contributed by atoms with Crippen molar-refractivity contribution in [1.82, 2.24) is 5.32 Å². The number of carbonyl (C=O) groups is 2. The molecule has 0 saturated heterocycles. The number of hydrogen-bond donors (Lipinski definition) is 2. The van der Waals surface area contributed by atoms with Crippen LogP contribution in [0.4, 0.5) is 5.69 Å². The maximum absolute atomic E-state index is 11.7. The summed E-state index contributed by atoms with van der Waals surface area (Å²) in [5, 5.41) is 2.86. The largest absolute Gasteiger partial charge is 0.452 e. The summed E-state index contributed by atoms with van der Waals surface area (Å²) >= 11 is 0. The van der Waals surface area contributed by atoms with Crippen molar-refractivity contribution in [3.63, 3.8) is 0 Å². The normalized spacial score (nSPS) is 15.2. The first-order valence-corrected chi connectivity index (χ1v) is 6.47. The molecule has 1 saturated carbocycles. The molecule has 3 N–H and O–H groups in total. The Balaban J connectivity index is 1.76. The van der Waals surface area contributed by atoms with E-state index in [-0.39, 0.29) is 18.6 Å². The van der Waals surface area contributed by atoms with Gasteiger partial charge < -0.3 is 15.8 Å². The van der Waals surface area contributed by atoms with Crippen LogP contribution in [0, 0.1) is 0 Å². The highest BCUT2D eigenvalue weighted by molar-refractivity contribution is 5.91. The predicted octanol–water partition coefficient (Wildman–Crippen LogP) is 1.48. The van der Waals surface area contributed by atoms with E-state index in [0.717, 1.165) is 25.7 Å². The van der Waals surface area contributed by atoms with Crippen molar-refractivity contribution in [2.75, 3.05) is 12.3 Å². The van der Waals surface area contributed by atoms with Gasteiger partial charge in [0.15, 0.2) is 6.61 Å². The molecule has 0 radical (unpaired) electrons. The van der Waals surface area contributed by atoms with Crippen LogP contribution in [0.1, 0.15) is 36.0 Å². The summed E-state index contributed by atoms with van der Waals surface area (Å²) in [6.45, 7) is -0.236. The molecule has 0 aliphatic heterocycles. The maximum Gasteiger partial charge on any atom is 0.338 e. The maximum atomic E-state index is 11.7. The van der Waals surface area contributed by atoms with Crippen molar-refractivity contribution in [1.29, 1.82) is 0 Å². The topological polar surface area (TPSA) is 81.4 Å². The van der Waals surface area contributed by atoms with Gasteiger partial charge in [-0.3, -0.25) is 4.79 Å². The number of carbonyl (C=O) groups excluding carboxylic acids is 2. The molecule has 5 nitrogen and oxygen atoms in total. The second kappa shape index (κ2) is 6.22. The van der Waals surface area contributed by atoms with Gasteiger partial charge in [0.1, 0.15) is 0 Å². The van der Waals surface area contributed by atoms with Crippen LogP contribution in [-0.4, -0.2) is 24.5 Å². The van der Waals surface area contributed by atoms with Crippen LogP contribution in [0.15, 0.2) is 24.3 Å². The molecule has 1 amide bonds. The van der Waals surface area contributed by atoms with E-state index in [9.17, 15) is 9.59 Å². The van der Waals surface area contributed by atoms with Crippen molar-refractivity contribution in [2.45, 2.75) is 31.7 Å². The summed E-state index contributed by atoms with van der Waals surface area (Å²) in [6.07, 6.45) is 4.32. The third-order valence-corrected chi connectivity index (χ3v) is 3.20. The number of hydrogen-bond acceptors (Lipinski definition) is 4. The Kier molecular flexibility index (Phi) is 4.39. The van der Waals surface area contributed by atoms with Crippen LogP contribution in [0.5, 0.6) is 0 Å². The number of ether oxygens (including phenoxy) is 1. The van der Waals surface area contributed by atoms with Gasteiger partial charge in [0.25, 0.3) is 5.91 Å². The number of benzene rings is 1. The highest BCUT2D eigenvalue weighted by Gasteiger charge is 2.18. The first-order chi connectivity index (χ1) is 9.15. The molecule has 0 spiro atoms. The average molecular weight is 262 g/mol. The Morgan fingerprint density at radius 2 is 1.84 bits per heavy atom. The second-order valence-corrected chi connectivity index (χ2v) is 4.75. The highest BCUT2D eigenvalue weighted by atomic mass is 16.5. The Morgan fingerprint density at radius 1 is 1.21 bits per heavy atom. The fourth-order valence-corrected chi connectivity index (χ4v) is 2.17. The van der Waals surface area contributed by atoms with E-state index >= 15 is 0 Å². The fraction of sp³-hybridized carbons (Fsp3) is 0.429. The summed E-state index contributed by atoms with van der Waals surface area (Å²) in [5.74, 6) is -0.753. The first-order valence-electron chi connectivity index (χ1n) is 6.47. The van der Waals surface area contributed by atoms with Gasteiger partial charge in [-0.25, -0.2) is 4.79 Å². The van der Waals surface area contributed by atoms with E-state index in [1.165, 1.54) is 0 Å². The standard InChI is InChI=1S/C14H18N2O3/c15-11-7-5-10(6-8-11)14(18)19-9-13(17)16-12-3-1-2-4-12/h5-8,12H,1-4,9,15H2,(H,16,17). The molecular weight excluding hydrogens is 244 g/mol. The summed E-state index contributed by atoms with van der Waals surface area (Å²) in [4.78, 5) is 23.2. The third-order valence-electron chi connectivity index (χ3n) is 3.20. The molecule has 1 aliphatic carbocycles. The first kappa shape index (κ1) is 13.4. The van der Waals surface area contributed by atoms with Gasteiger partial charge in [0.2, 0.25) is 0 Å². The average Bonchev–Trinajstić information content (AvgIpc) is 2.89. The summed E-state index contributed by atoms with van der Waals surface area (Å²) in [5.41, 5.74) is 6.49. The Hall–Kier alpha value is -2.04. The number of anilines is 1. The third kappa shape index (κ3) is 3.98. The number of rotatable bonds is 4. The zero-order chi connectivity index (χ0) is 13.7. The van der Waals surface area contributed by atoms with Crippen LogP contribution in [0.25, 0.3) is 0 Å². The number of nitrogen functional groups attached to an aromatic ring is 1. The number of nitrogens with two attached hydrogens (primary N) is 1. The zero-order valence-electron chi connectivity index (χ0n) is 10.7. The molecule has 2 rings (SSSR count). The lowest BCUT2D eigenvalue weighted by Gasteiger charge is -2.11. The van der Waals surface area contributed by atoms with Crippen molar-refractivity contribution >= 4 is 17.6 Å². The molecule has 0 bridgehead atoms. The lowest BCUT2D eigenvalue weighted by atomic mass is 10.2. The van der Waals surface area contributed by atoms with Crippen molar-refractivity contribution in [2.24, 2.45) is 0 Å². The zero-order valence-corrected chi connectivity index (χ0v) is 10.7. The van der Waals surface area contributed by atoms with Gasteiger partial charge in [-0.2, -0.15) is 0 Å². The fourth-order valence-electron chi connectivity index (χ4n) is 2.17. The number of nitrogens with one attached hydrogen (secondary N) is 1. The molecule has 1 aromatic carbocycles. The molecule has 5 heteroatoms. The van der Waals surface area contributed by atoms with Crippen molar-refractivity contribution in [3.8, 4) is 0 Å². The molecule has 1 fully saturated rings. The summed E-state index contributed by atoms with van der Waals surface area (Å²) in [6, 6.07) is 6.63. The number of esters is 1. The minimum atomic E-state index is -0.512. The van der Waals surface area contributed by atoms with Gasteiger partial charge in [-0.1, -0.05) is 12.8 Å². The van der Waals surface area contributed by atoms with Crippen LogP contribution in [0.2, 0.25) is 0 Å². The molecule has 0 unspecified atom stereocenters. The van der Waals surface area contributed by atoms with Crippen molar-refractivity contribution < 1.29 is 14.3 Å². The lowest BCUT2D eigenvalue weighted by Crippen LogP contribution is -2.35. The van der Waals surface area contributed by atoms with E-state index in [4.69, 9.17) is 10.5 Å². The lowest BCUT2D eigenvalue weighted by molar-refractivity contribution is -0.124. The van der Waals surface area contributed by atoms with E-state index < -0.39 is 5.97 Å². The van der Waals surface area contributed by atoms with Crippen LogP contribution in [0.3, 0.4) is 0 Å². The van der Waals surface area contributed by atoms with E-state index in [1.54, 1.807) is 24.3 Å². The summed E-state index contributed by atoms with van der Waals surface area (Å²) in [7, 11) is 0. The van der Waals surface area contributed by atoms with E-state index in [1.807, 2.05) is 0 Å². The summed E-state index contributed by atoms with van der Waals surface area (Å²) < 4.78 is 4.95. The molecule has 0 heterocycles. The van der Waals surface area contributed by atoms with Gasteiger partial charge in [-0.15, -0.1) is 0 Å². The number of amides is 1. The van der Waals surface area contributed by atoms with Crippen LogP contribution < -0.4 is 11.1 Å². The Morgan fingerprint density at radius 3 is 2.47 bits per heavy atom. The molecule has 1 aromatic rings. The monoisotopic (exact) mass is 262 g/mol. The predicted molar refractivity (Wildman–Crippen MR) is 71.5 cm³/mol. The van der Waals surface area contributed by atoms with Gasteiger partial charge in [0, 0.05) is 11.7 Å². The molecule has 19 heavy (non-hydrogen) atoms.